The zero-order valence-electron chi connectivity index (χ0n) is 15.6. The third-order valence-electron chi connectivity index (χ3n) is 4.45. The van der Waals surface area contributed by atoms with Gasteiger partial charge in [-0.25, -0.2) is 4.68 Å². The van der Waals surface area contributed by atoms with E-state index >= 15 is 0 Å². The zero-order chi connectivity index (χ0) is 21.1. The van der Waals surface area contributed by atoms with Crippen LogP contribution in [0.15, 0.2) is 91.0 Å². The fourth-order valence-electron chi connectivity index (χ4n) is 3.04. The van der Waals surface area contributed by atoms with Gasteiger partial charge in [0.2, 0.25) is 0 Å². The van der Waals surface area contributed by atoms with E-state index in [4.69, 9.17) is 0 Å². The number of alkyl halides is 3. The minimum atomic E-state index is -4.58. The first-order valence-electron chi connectivity index (χ1n) is 9.11. The Balaban J connectivity index is 1.73. The number of amides is 1. The first-order valence-corrected chi connectivity index (χ1v) is 9.11. The highest BCUT2D eigenvalue weighted by Gasteiger charge is 2.35. The predicted octanol–water partition coefficient (Wildman–Crippen LogP) is 5.81. The Kier molecular flexibility index (Phi) is 5.10. The molecule has 1 aromatic heterocycles. The molecule has 0 aliphatic carbocycles. The maximum Gasteiger partial charge on any atom is 0.435 e. The molecule has 0 fully saturated rings. The van der Waals surface area contributed by atoms with Crippen LogP contribution in [0.25, 0.3) is 16.9 Å². The summed E-state index contributed by atoms with van der Waals surface area (Å²) in [7, 11) is 0. The summed E-state index contributed by atoms with van der Waals surface area (Å²) in [6.07, 6.45) is -4.58. The summed E-state index contributed by atoms with van der Waals surface area (Å²) < 4.78 is 41.2. The largest absolute Gasteiger partial charge is 0.435 e. The summed E-state index contributed by atoms with van der Waals surface area (Å²) in [4.78, 5) is 12.4. The first kappa shape index (κ1) is 19.4. The minimum absolute atomic E-state index is 0.300. The van der Waals surface area contributed by atoms with Gasteiger partial charge < -0.3 is 5.32 Å². The first-order chi connectivity index (χ1) is 14.4. The molecule has 0 bridgehead atoms. The van der Waals surface area contributed by atoms with Gasteiger partial charge in [-0.2, -0.15) is 18.3 Å². The Morgan fingerprint density at radius 1 is 0.833 bits per heavy atom. The Labute approximate surface area is 170 Å². The Hall–Kier alpha value is -3.87. The van der Waals surface area contributed by atoms with Crippen molar-refractivity contribution < 1.29 is 18.0 Å². The average Bonchev–Trinajstić information content (AvgIpc) is 3.21. The molecule has 0 aliphatic heterocycles. The summed E-state index contributed by atoms with van der Waals surface area (Å²) >= 11 is 0. The van der Waals surface area contributed by atoms with Crippen molar-refractivity contribution in [3.05, 3.63) is 102 Å². The summed E-state index contributed by atoms with van der Waals surface area (Å²) in [6.45, 7) is 0. The topological polar surface area (TPSA) is 46.9 Å². The molecule has 0 unspecified atom stereocenters. The van der Waals surface area contributed by atoms with Crippen molar-refractivity contribution >= 4 is 11.6 Å². The number of carbonyl (C=O) groups is 1. The van der Waals surface area contributed by atoms with E-state index in [9.17, 15) is 18.0 Å². The van der Waals surface area contributed by atoms with Crippen LogP contribution in [0.1, 0.15) is 16.1 Å². The zero-order valence-corrected chi connectivity index (χ0v) is 15.6. The number of nitrogens with one attached hydrogen (secondary N) is 1. The summed E-state index contributed by atoms with van der Waals surface area (Å²) in [5.41, 5.74) is 1.24. The number of anilines is 1. The van der Waals surface area contributed by atoms with Gasteiger partial charge in [-0.1, -0.05) is 54.6 Å². The molecule has 1 N–H and O–H groups in total. The van der Waals surface area contributed by atoms with E-state index in [1.807, 2.05) is 0 Å². The second-order valence-electron chi connectivity index (χ2n) is 6.56. The lowest BCUT2D eigenvalue weighted by Gasteiger charge is -2.10. The van der Waals surface area contributed by atoms with Crippen molar-refractivity contribution in [1.82, 2.24) is 9.78 Å². The molecule has 0 atom stereocenters. The average molecular weight is 407 g/mol. The van der Waals surface area contributed by atoms with Crippen LogP contribution in [-0.4, -0.2) is 15.7 Å². The van der Waals surface area contributed by atoms with Gasteiger partial charge in [0.1, 0.15) is 0 Å². The molecule has 0 aliphatic rings. The van der Waals surface area contributed by atoms with Crippen molar-refractivity contribution in [3.63, 3.8) is 0 Å². The molecule has 1 heterocycles. The quantitative estimate of drug-likeness (QED) is 0.464. The van der Waals surface area contributed by atoms with Gasteiger partial charge >= 0.3 is 6.18 Å². The van der Waals surface area contributed by atoms with E-state index in [1.165, 1.54) is 4.68 Å². The fourth-order valence-corrected chi connectivity index (χ4v) is 3.04. The number of hydrogen-bond donors (Lipinski definition) is 1. The van der Waals surface area contributed by atoms with Crippen LogP contribution < -0.4 is 5.32 Å². The molecule has 4 aromatic rings. The molecule has 0 saturated heterocycles. The number of carbonyl (C=O) groups excluding carboxylic acids is 1. The standard InChI is InChI=1S/C23H16F3N3O/c24-23(25,26)21-15-20(16-8-3-1-4-9-16)29(28-21)19-13-7-12-18(14-19)27-22(30)17-10-5-2-6-11-17/h1-15H,(H,27,30). The van der Waals surface area contributed by atoms with Gasteiger partial charge in [0.15, 0.2) is 5.69 Å². The highest BCUT2D eigenvalue weighted by atomic mass is 19.4. The van der Waals surface area contributed by atoms with E-state index < -0.39 is 11.9 Å². The van der Waals surface area contributed by atoms with Crippen LogP contribution in [0.4, 0.5) is 18.9 Å². The lowest BCUT2D eigenvalue weighted by atomic mass is 10.1. The molecular weight excluding hydrogens is 391 g/mol. The van der Waals surface area contributed by atoms with Gasteiger partial charge in [0, 0.05) is 16.8 Å². The third-order valence-corrected chi connectivity index (χ3v) is 4.45. The molecule has 150 valence electrons. The maximum absolute atomic E-state index is 13.3. The van der Waals surface area contributed by atoms with Gasteiger partial charge in [-0.05, 0) is 36.4 Å². The van der Waals surface area contributed by atoms with E-state index in [-0.39, 0.29) is 5.91 Å². The van der Waals surface area contributed by atoms with Gasteiger partial charge in [-0.15, -0.1) is 0 Å². The number of benzene rings is 3. The predicted molar refractivity (Wildman–Crippen MR) is 108 cm³/mol. The molecule has 3 aromatic carbocycles. The smallest absolute Gasteiger partial charge is 0.322 e. The molecule has 4 nitrogen and oxygen atoms in total. The van der Waals surface area contributed by atoms with E-state index in [0.717, 1.165) is 6.07 Å². The van der Waals surface area contributed by atoms with Crippen molar-refractivity contribution in [2.75, 3.05) is 5.32 Å². The lowest BCUT2D eigenvalue weighted by Crippen LogP contribution is -2.12. The monoisotopic (exact) mass is 407 g/mol. The third kappa shape index (κ3) is 4.10. The second kappa shape index (κ2) is 7.87. The number of aromatic nitrogens is 2. The SMILES string of the molecule is O=C(Nc1cccc(-n2nc(C(F)(F)F)cc2-c2ccccc2)c1)c1ccccc1. The van der Waals surface area contributed by atoms with Crippen LogP contribution in [0.5, 0.6) is 0 Å². The van der Waals surface area contributed by atoms with Gasteiger partial charge in [-0.3, -0.25) is 4.79 Å². The molecule has 1 amide bonds. The molecule has 4 rings (SSSR count). The normalized spacial score (nSPS) is 11.3. The molecule has 0 radical (unpaired) electrons. The molecular formula is C23H16F3N3O. The molecule has 30 heavy (non-hydrogen) atoms. The summed E-state index contributed by atoms with van der Waals surface area (Å²) in [5.74, 6) is -0.313. The second-order valence-corrected chi connectivity index (χ2v) is 6.56. The van der Waals surface area contributed by atoms with Crippen molar-refractivity contribution in [1.29, 1.82) is 0 Å². The van der Waals surface area contributed by atoms with Crippen molar-refractivity contribution in [2.24, 2.45) is 0 Å². The van der Waals surface area contributed by atoms with Crippen LogP contribution in [0, 0.1) is 0 Å². The number of nitrogens with zero attached hydrogens (tertiary/aromatic N) is 2. The highest BCUT2D eigenvalue weighted by Crippen LogP contribution is 2.33. The number of halogens is 3. The van der Waals surface area contributed by atoms with Crippen LogP contribution in [-0.2, 0) is 6.18 Å². The van der Waals surface area contributed by atoms with Gasteiger partial charge in [0.05, 0.1) is 11.4 Å². The summed E-state index contributed by atoms with van der Waals surface area (Å²) in [5, 5.41) is 6.55. The Morgan fingerprint density at radius 2 is 1.50 bits per heavy atom. The van der Waals surface area contributed by atoms with E-state index in [2.05, 4.69) is 10.4 Å². The van der Waals surface area contributed by atoms with Crippen molar-refractivity contribution in [3.8, 4) is 16.9 Å². The molecule has 0 saturated carbocycles. The van der Waals surface area contributed by atoms with Gasteiger partial charge in [0.25, 0.3) is 5.91 Å². The van der Waals surface area contributed by atoms with E-state index in [1.54, 1.807) is 84.9 Å². The van der Waals surface area contributed by atoms with Crippen LogP contribution in [0.3, 0.4) is 0 Å². The minimum Gasteiger partial charge on any atom is -0.322 e. The number of hydrogen-bond acceptors (Lipinski definition) is 2. The van der Waals surface area contributed by atoms with Crippen molar-refractivity contribution in [2.45, 2.75) is 6.18 Å². The highest BCUT2D eigenvalue weighted by molar-refractivity contribution is 6.04. The lowest BCUT2D eigenvalue weighted by molar-refractivity contribution is -0.141. The molecule has 0 spiro atoms. The fraction of sp³-hybridized carbons (Fsp3) is 0.0435. The van der Waals surface area contributed by atoms with E-state index in [0.29, 0.717) is 28.2 Å². The summed E-state index contributed by atoms with van der Waals surface area (Å²) in [6, 6.07) is 24.9. The maximum atomic E-state index is 13.3. The number of rotatable bonds is 4. The van der Waals surface area contributed by atoms with Crippen LogP contribution in [0.2, 0.25) is 0 Å². The molecule has 7 heteroatoms. The Morgan fingerprint density at radius 3 is 2.17 bits per heavy atom. The van der Waals surface area contributed by atoms with Crippen LogP contribution >= 0.6 is 0 Å². The Bertz CT molecular complexity index is 1170.